The van der Waals surface area contributed by atoms with Crippen molar-refractivity contribution >= 4 is 5.69 Å². The first-order valence-corrected chi connectivity index (χ1v) is 5.58. The Morgan fingerprint density at radius 1 is 1.53 bits per heavy atom. The van der Waals surface area contributed by atoms with Gasteiger partial charge in [0, 0.05) is 12.1 Å². The summed E-state index contributed by atoms with van der Waals surface area (Å²) >= 11 is 0. The Labute approximate surface area is 99.7 Å². The van der Waals surface area contributed by atoms with Crippen molar-refractivity contribution in [2.75, 3.05) is 6.61 Å². The molecular formula is C13H13NO3. The molecule has 1 saturated carbocycles. The summed E-state index contributed by atoms with van der Waals surface area (Å²) in [6, 6.07) is 4.36. The first kappa shape index (κ1) is 11.5. The molecule has 2 rings (SSSR count). The lowest BCUT2D eigenvalue weighted by Gasteiger charge is -2.25. The van der Waals surface area contributed by atoms with E-state index in [2.05, 4.69) is 5.92 Å². The number of hydrogen-bond acceptors (Lipinski definition) is 3. The van der Waals surface area contributed by atoms with Crippen LogP contribution >= 0.6 is 0 Å². The second-order valence-corrected chi connectivity index (χ2v) is 4.19. The molecule has 0 saturated heterocycles. The number of rotatable bonds is 4. The normalized spacial score (nSPS) is 14.8. The van der Waals surface area contributed by atoms with Gasteiger partial charge in [0.1, 0.15) is 5.75 Å². The number of terminal acetylenes is 1. The minimum Gasteiger partial charge on any atom is -0.492 e. The lowest BCUT2D eigenvalue weighted by molar-refractivity contribution is -0.384. The summed E-state index contributed by atoms with van der Waals surface area (Å²) in [5.41, 5.74) is 0.437. The molecule has 4 nitrogen and oxygen atoms in total. The van der Waals surface area contributed by atoms with Gasteiger partial charge in [0.25, 0.3) is 5.69 Å². The van der Waals surface area contributed by atoms with Crippen molar-refractivity contribution < 1.29 is 9.66 Å². The molecule has 0 aliphatic heterocycles. The van der Waals surface area contributed by atoms with E-state index in [0.717, 1.165) is 0 Å². The van der Waals surface area contributed by atoms with E-state index in [-0.39, 0.29) is 5.69 Å². The quantitative estimate of drug-likeness (QED) is 0.455. The molecule has 4 heteroatoms. The third-order valence-electron chi connectivity index (χ3n) is 3.03. The molecule has 0 heterocycles. The Morgan fingerprint density at radius 2 is 2.29 bits per heavy atom. The van der Waals surface area contributed by atoms with E-state index in [4.69, 9.17) is 11.2 Å². The molecule has 17 heavy (non-hydrogen) atoms. The fourth-order valence-electron chi connectivity index (χ4n) is 1.74. The molecule has 1 aromatic rings. The zero-order valence-electron chi connectivity index (χ0n) is 9.39. The first-order valence-electron chi connectivity index (χ1n) is 5.58. The van der Waals surface area contributed by atoms with E-state index in [0.29, 0.717) is 23.8 Å². The fraction of sp³-hybridized carbons (Fsp3) is 0.385. The summed E-state index contributed by atoms with van der Waals surface area (Å²) in [7, 11) is 0. The average molecular weight is 231 g/mol. The summed E-state index contributed by atoms with van der Waals surface area (Å²) in [6.45, 7) is 0.645. The van der Waals surface area contributed by atoms with Crippen molar-refractivity contribution in [3.63, 3.8) is 0 Å². The Hall–Kier alpha value is -2.02. The second kappa shape index (κ2) is 4.88. The van der Waals surface area contributed by atoms with Crippen molar-refractivity contribution in [2.45, 2.75) is 19.3 Å². The highest BCUT2D eigenvalue weighted by atomic mass is 16.6. The molecule has 0 bridgehead atoms. The van der Waals surface area contributed by atoms with Crippen molar-refractivity contribution in [1.29, 1.82) is 0 Å². The van der Waals surface area contributed by atoms with E-state index in [1.165, 1.54) is 31.4 Å². The van der Waals surface area contributed by atoms with E-state index < -0.39 is 4.92 Å². The van der Waals surface area contributed by atoms with Gasteiger partial charge in [0.2, 0.25) is 0 Å². The van der Waals surface area contributed by atoms with E-state index >= 15 is 0 Å². The summed E-state index contributed by atoms with van der Waals surface area (Å²) in [5.74, 6) is 3.59. The van der Waals surface area contributed by atoms with Gasteiger partial charge in [-0.15, -0.1) is 6.42 Å². The van der Waals surface area contributed by atoms with Crippen LogP contribution in [0.15, 0.2) is 18.2 Å². The predicted octanol–water partition coefficient (Wildman–Crippen LogP) is 2.76. The van der Waals surface area contributed by atoms with Crippen LogP contribution in [0.25, 0.3) is 0 Å². The number of nitro groups is 1. The van der Waals surface area contributed by atoms with Crippen molar-refractivity contribution in [3.05, 3.63) is 33.9 Å². The Bertz CT molecular complexity index is 472. The van der Waals surface area contributed by atoms with Crippen molar-refractivity contribution in [3.8, 4) is 18.1 Å². The highest BCUT2D eigenvalue weighted by Gasteiger charge is 2.19. The lowest BCUT2D eigenvalue weighted by atomic mass is 9.86. The van der Waals surface area contributed by atoms with Gasteiger partial charge in [-0.05, 0) is 24.8 Å². The molecular weight excluding hydrogens is 218 g/mol. The van der Waals surface area contributed by atoms with E-state index in [1.807, 2.05) is 0 Å². The molecule has 1 fully saturated rings. The van der Waals surface area contributed by atoms with Crippen molar-refractivity contribution in [2.24, 2.45) is 5.92 Å². The molecule has 0 unspecified atom stereocenters. The average Bonchev–Trinajstić information content (AvgIpc) is 2.27. The van der Waals surface area contributed by atoms with Gasteiger partial charge >= 0.3 is 0 Å². The molecule has 88 valence electrons. The molecule has 0 N–H and O–H groups in total. The molecule has 0 radical (unpaired) electrons. The summed E-state index contributed by atoms with van der Waals surface area (Å²) < 4.78 is 5.60. The molecule has 0 amide bonds. The molecule has 1 aliphatic rings. The van der Waals surface area contributed by atoms with Gasteiger partial charge in [-0.1, -0.05) is 12.3 Å². The molecule has 0 aromatic heterocycles. The van der Waals surface area contributed by atoms with Gasteiger partial charge in [-0.25, -0.2) is 0 Å². The van der Waals surface area contributed by atoms with Gasteiger partial charge < -0.3 is 4.74 Å². The maximum Gasteiger partial charge on any atom is 0.270 e. The van der Waals surface area contributed by atoms with Gasteiger partial charge in [-0.3, -0.25) is 10.1 Å². The van der Waals surface area contributed by atoms with Gasteiger partial charge in [0.15, 0.2) is 0 Å². The monoisotopic (exact) mass is 231 g/mol. The minimum absolute atomic E-state index is 0.00561. The predicted molar refractivity (Wildman–Crippen MR) is 63.9 cm³/mol. The second-order valence-electron chi connectivity index (χ2n) is 4.19. The van der Waals surface area contributed by atoms with Crippen molar-refractivity contribution in [1.82, 2.24) is 0 Å². The highest BCUT2D eigenvalue weighted by Crippen LogP contribution is 2.29. The zero-order chi connectivity index (χ0) is 12.3. The van der Waals surface area contributed by atoms with Crippen LogP contribution in [0.5, 0.6) is 5.75 Å². The zero-order valence-corrected chi connectivity index (χ0v) is 9.39. The highest BCUT2D eigenvalue weighted by molar-refractivity contribution is 5.51. The minimum atomic E-state index is -0.462. The maximum atomic E-state index is 10.6. The Balaban J connectivity index is 2.10. The first-order chi connectivity index (χ1) is 8.20. The number of non-ortho nitro benzene ring substituents is 1. The SMILES string of the molecule is C#Cc1cc([N+](=O)[O-])ccc1OCC1CCC1. The topological polar surface area (TPSA) is 52.4 Å². The molecule has 0 atom stereocenters. The van der Waals surface area contributed by atoms with Gasteiger partial charge in [0.05, 0.1) is 17.1 Å². The number of ether oxygens (including phenoxy) is 1. The van der Waals surface area contributed by atoms with Crippen LogP contribution in [0.3, 0.4) is 0 Å². The largest absolute Gasteiger partial charge is 0.492 e. The fourth-order valence-corrected chi connectivity index (χ4v) is 1.74. The van der Waals surface area contributed by atoms with Crippen LogP contribution in [0.4, 0.5) is 5.69 Å². The summed E-state index contributed by atoms with van der Waals surface area (Å²) in [5, 5.41) is 10.6. The standard InChI is InChI=1S/C13H13NO3/c1-2-11-8-12(14(15)16)6-7-13(11)17-9-10-4-3-5-10/h1,6-8,10H,3-5,9H2. The van der Waals surface area contributed by atoms with E-state index in [9.17, 15) is 10.1 Å². The Kier molecular flexibility index (Phi) is 3.29. The molecule has 1 aliphatic carbocycles. The Morgan fingerprint density at radius 3 is 2.82 bits per heavy atom. The lowest BCUT2D eigenvalue weighted by Crippen LogP contribution is -2.19. The van der Waals surface area contributed by atoms with Crippen LogP contribution < -0.4 is 4.74 Å². The summed E-state index contributed by atoms with van der Waals surface area (Å²) in [4.78, 5) is 10.1. The number of nitrogens with zero attached hydrogens (tertiary/aromatic N) is 1. The maximum absolute atomic E-state index is 10.6. The van der Waals surface area contributed by atoms with Crippen LogP contribution in [0.1, 0.15) is 24.8 Å². The molecule has 0 spiro atoms. The van der Waals surface area contributed by atoms with Crippen LogP contribution in [-0.4, -0.2) is 11.5 Å². The smallest absolute Gasteiger partial charge is 0.270 e. The van der Waals surface area contributed by atoms with E-state index in [1.54, 1.807) is 6.07 Å². The van der Waals surface area contributed by atoms with Gasteiger partial charge in [-0.2, -0.15) is 0 Å². The summed E-state index contributed by atoms with van der Waals surface area (Å²) in [6.07, 6.45) is 8.97. The number of benzene rings is 1. The molecule has 1 aromatic carbocycles. The van der Waals surface area contributed by atoms with Crippen LogP contribution in [0, 0.1) is 28.4 Å². The number of hydrogen-bond donors (Lipinski definition) is 0. The number of nitro benzene ring substituents is 1. The van der Waals surface area contributed by atoms with Crippen LogP contribution in [0.2, 0.25) is 0 Å². The third kappa shape index (κ3) is 2.56. The van der Waals surface area contributed by atoms with Crippen LogP contribution in [-0.2, 0) is 0 Å². The third-order valence-corrected chi connectivity index (χ3v) is 3.03.